The molecule has 1 N–H and O–H groups in total. The van der Waals surface area contributed by atoms with Gasteiger partial charge in [0.1, 0.15) is 5.82 Å². The summed E-state index contributed by atoms with van der Waals surface area (Å²) in [5.74, 6) is 0.683. The van der Waals surface area contributed by atoms with E-state index < -0.39 is 0 Å². The Labute approximate surface area is 136 Å². The van der Waals surface area contributed by atoms with Crippen molar-refractivity contribution in [3.63, 3.8) is 0 Å². The molecule has 0 unspecified atom stereocenters. The molecule has 1 aliphatic heterocycles. The maximum absolute atomic E-state index is 13.0. The van der Waals surface area contributed by atoms with E-state index in [0.717, 1.165) is 37.6 Å². The van der Waals surface area contributed by atoms with Crippen LogP contribution in [0.3, 0.4) is 0 Å². The van der Waals surface area contributed by atoms with Crippen LogP contribution in [0.25, 0.3) is 0 Å². The molecule has 3 nitrogen and oxygen atoms in total. The summed E-state index contributed by atoms with van der Waals surface area (Å²) in [5, 5.41) is 3.90. The van der Waals surface area contributed by atoms with Gasteiger partial charge in [0.2, 0.25) is 0 Å². The minimum Gasteiger partial charge on any atom is -0.356 e. The molecule has 1 saturated carbocycles. The molecule has 1 heterocycles. The number of hydrogen-bond donors (Lipinski definition) is 1. The van der Waals surface area contributed by atoms with Gasteiger partial charge in [-0.25, -0.2) is 4.39 Å². The van der Waals surface area contributed by atoms with Crippen molar-refractivity contribution in [2.24, 2.45) is 10.4 Å². The second kappa shape index (κ2) is 6.45. The molecule has 1 aromatic carbocycles. The second-order valence-electron chi connectivity index (χ2n) is 6.48. The van der Waals surface area contributed by atoms with Gasteiger partial charge >= 0.3 is 0 Å². The summed E-state index contributed by atoms with van der Waals surface area (Å²) < 4.78 is 13.0. The lowest BCUT2D eigenvalue weighted by Gasteiger charge is -2.38. The summed E-state index contributed by atoms with van der Waals surface area (Å²) >= 11 is 6.06. The van der Waals surface area contributed by atoms with Gasteiger partial charge in [-0.3, -0.25) is 4.99 Å². The summed E-state index contributed by atoms with van der Waals surface area (Å²) in [5.41, 5.74) is 1.53. The van der Waals surface area contributed by atoms with Crippen LogP contribution in [0.5, 0.6) is 0 Å². The maximum atomic E-state index is 13.0. The number of aliphatic imine (C=N–C) groups is 1. The highest BCUT2D eigenvalue weighted by atomic mass is 35.5. The van der Waals surface area contributed by atoms with E-state index >= 15 is 0 Å². The zero-order valence-electron chi connectivity index (χ0n) is 13.0. The van der Waals surface area contributed by atoms with E-state index in [-0.39, 0.29) is 5.82 Å². The van der Waals surface area contributed by atoms with Crippen molar-refractivity contribution < 1.29 is 4.39 Å². The van der Waals surface area contributed by atoms with Crippen molar-refractivity contribution in [1.82, 2.24) is 10.2 Å². The van der Waals surface area contributed by atoms with Gasteiger partial charge in [0.05, 0.1) is 0 Å². The molecular formula is C17H23ClFN3. The average molecular weight is 324 g/mol. The van der Waals surface area contributed by atoms with Gasteiger partial charge in [-0.05, 0) is 48.8 Å². The number of halogens is 2. The lowest BCUT2D eigenvalue weighted by atomic mass is 9.68. The zero-order valence-corrected chi connectivity index (χ0v) is 13.8. The third-order valence-electron chi connectivity index (χ3n) is 5.06. The van der Waals surface area contributed by atoms with Gasteiger partial charge in [-0.1, -0.05) is 24.1 Å². The zero-order chi connectivity index (χ0) is 15.6. The van der Waals surface area contributed by atoms with Crippen molar-refractivity contribution >= 4 is 17.6 Å². The molecule has 5 heteroatoms. The monoisotopic (exact) mass is 323 g/mol. The Morgan fingerprint density at radius 3 is 2.82 bits per heavy atom. The molecule has 0 aromatic heterocycles. The highest BCUT2D eigenvalue weighted by Crippen LogP contribution is 2.47. The first kappa shape index (κ1) is 15.6. The number of benzene rings is 1. The molecule has 0 amide bonds. The maximum Gasteiger partial charge on any atom is 0.193 e. The Morgan fingerprint density at radius 1 is 1.41 bits per heavy atom. The molecule has 0 atom stereocenters. The Hall–Kier alpha value is -1.29. The van der Waals surface area contributed by atoms with Crippen LogP contribution in [0.1, 0.15) is 31.2 Å². The molecular weight excluding hydrogens is 301 g/mol. The Bertz CT molecular complexity index is 569. The van der Waals surface area contributed by atoms with Crippen LogP contribution in [-0.4, -0.2) is 37.5 Å². The fraction of sp³-hybridized carbons (Fsp3) is 0.588. The van der Waals surface area contributed by atoms with Crippen molar-refractivity contribution in [3.05, 3.63) is 34.6 Å². The first-order valence-corrected chi connectivity index (χ1v) is 8.39. The van der Waals surface area contributed by atoms with Crippen LogP contribution in [0.2, 0.25) is 5.02 Å². The predicted octanol–water partition coefficient (Wildman–Crippen LogP) is 3.47. The Kier molecular flexibility index (Phi) is 4.57. The van der Waals surface area contributed by atoms with Gasteiger partial charge < -0.3 is 10.2 Å². The summed E-state index contributed by atoms with van der Waals surface area (Å²) in [6, 6.07) is 4.57. The number of nitrogens with one attached hydrogen (secondary N) is 1. The Balaban J connectivity index is 1.51. The molecule has 1 spiro atoms. The van der Waals surface area contributed by atoms with E-state index in [4.69, 9.17) is 11.6 Å². The normalized spacial score (nSPS) is 20.3. The molecule has 2 fully saturated rings. The molecule has 1 aromatic rings. The first-order chi connectivity index (χ1) is 10.6. The van der Waals surface area contributed by atoms with Crippen molar-refractivity contribution in [2.45, 2.75) is 32.1 Å². The molecule has 0 bridgehead atoms. The van der Waals surface area contributed by atoms with Gasteiger partial charge in [0.15, 0.2) is 5.96 Å². The third-order valence-corrected chi connectivity index (χ3v) is 5.41. The van der Waals surface area contributed by atoms with Crippen LogP contribution in [0.4, 0.5) is 4.39 Å². The van der Waals surface area contributed by atoms with Crippen LogP contribution >= 0.6 is 11.6 Å². The molecule has 1 saturated heterocycles. The van der Waals surface area contributed by atoms with E-state index in [1.54, 1.807) is 6.07 Å². The fourth-order valence-corrected chi connectivity index (χ4v) is 3.83. The topological polar surface area (TPSA) is 27.6 Å². The summed E-state index contributed by atoms with van der Waals surface area (Å²) in [4.78, 5) is 6.77. The quantitative estimate of drug-likeness (QED) is 0.681. The van der Waals surface area contributed by atoms with E-state index in [1.165, 1.54) is 37.8 Å². The minimum atomic E-state index is -0.291. The van der Waals surface area contributed by atoms with Crippen LogP contribution < -0.4 is 5.32 Å². The van der Waals surface area contributed by atoms with Crippen molar-refractivity contribution in [2.75, 3.05) is 26.7 Å². The first-order valence-electron chi connectivity index (χ1n) is 8.01. The van der Waals surface area contributed by atoms with E-state index in [2.05, 4.69) is 15.2 Å². The summed E-state index contributed by atoms with van der Waals surface area (Å²) in [6.45, 7) is 2.97. The van der Waals surface area contributed by atoms with Gasteiger partial charge in [-0.2, -0.15) is 0 Å². The second-order valence-corrected chi connectivity index (χ2v) is 6.89. The number of hydrogen-bond acceptors (Lipinski definition) is 1. The lowest BCUT2D eigenvalue weighted by molar-refractivity contribution is 0.151. The molecule has 22 heavy (non-hydrogen) atoms. The smallest absolute Gasteiger partial charge is 0.193 e. The number of rotatable bonds is 3. The lowest BCUT2D eigenvalue weighted by Crippen LogP contribution is -2.43. The van der Waals surface area contributed by atoms with Gasteiger partial charge in [-0.15, -0.1) is 0 Å². The van der Waals surface area contributed by atoms with E-state index in [0.29, 0.717) is 10.4 Å². The highest BCUT2D eigenvalue weighted by Gasteiger charge is 2.43. The molecule has 1 aliphatic carbocycles. The molecule has 3 rings (SSSR count). The number of guanidine groups is 1. The summed E-state index contributed by atoms with van der Waals surface area (Å²) in [6.07, 6.45) is 6.16. The minimum absolute atomic E-state index is 0.291. The summed E-state index contributed by atoms with van der Waals surface area (Å²) in [7, 11) is 1.83. The van der Waals surface area contributed by atoms with Crippen LogP contribution in [-0.2, 0) is 6.42 Å². The van der Waals surface area contributed by atoms with Crippen LogP contribution in [0.15, 0.2) is 23.2 Å². The van der Waals surface area contributed by atoms with E-state index in [9.17, 15) is 4.39 Å². The standard InChI is InChI=1S/C17H23ClFN3/c1-20-16(22-10-8-17(12-22)6-2-7-17)21-9-5-13-3-4-14(19)11-15(13)18/h3-4,11H,2,5-10,12H2,1H3,(H,20,21). The number of nitrogens with zero attached hydrogens (tertiary/aromatic N) is 2. The third kappa shape index (κ3) is 3.22. The van der Waals surface area contributed by atoms with Crippen molar-refractivity contribution in [3.8, 4) is 0 Å². The molecule has 120 valence electrons. The fourth-order valence-electron chi connectivity index (χ4n) is 3.57. The largest absolute Gasteiger partial charge is 0.356 e. The molecule has 0 radical (unpaired) electrons. The van der Waals surface area contributed by atoms with Crippen molar-refractivity contribution in [1.29, 1.82) is 0 Å². The molecule has 2 aliphatic rings. The van der Waals surface area contributed by atoms with Gasteiger partial charge in [0, 0.05) is 31.7 Å². The Morgan fingerprint density at radius 2 is 2.23 bits per heavy atom. The van der Waals surface area contributed by atoms with Crippen LogP contribution in [0, 0.1) is 11.2 Å². The predicted molar refractivity (Wildman–Crippen MR) is 88.9 cm³/mol. The average Bonchev–Trinajstić information content (AvgIpc) is 2.91. The van der Waals surface area contributed by atoms with Gasteiger partial charge in [0.25, 0.3) is 0 Å². The van der Waals surface area contributed by atoms with E-state index in [1.807, 2.05) is 7.05 Å². The number of likely N-dealkylation sites (tertiary alicyclic amines) is 1. The SMILES string of the molecule is CN=C(NCCc1ccc(F)cc1Cl)N1CCC2(CCC2)C1. The highest BCUT2D eigenvalue weighted by molar-refractivity contribution is 6.31.